The standard InChI is InChI=1S/C20H20N4S/c1-14-7-5-8-15(13-14)24-12-6-10-17(24)19-18(22-20(25)23(19)2)16-9-3-4-11-21-16/h3-13,18-19H,1-2H3,(H,22,25)/t18-,19+/m1/s1. The topological polar surface area (TPSA) is 33.1 Å². The van der Waals surface area contributed by atoms with Gasteiger partial charge in [-0.1, -0.05) is 18.2 Å². The molecule has 0 unspecified atom stereocenters. The highest BCUT2D eigenvalue weighted by atomic mass is 32.1. The molecule has 0 spiro atoms. The van der Waals surface area contributed by atoms with Gasteiger partial charge < -0.3 is 14.8 Å². The summed E-state index contributed by atoms with van der Waals surface area (Å²) in [6.45, 7) is 2.11. The number of nitrogens with one attached hydrogen (secondary N) is 1. The molecular weight excluding hydrogens is 328 g/mol. The maximum Gasteiger partial charge on any atom is 0.169 e. The smallest absolute Gasteiger partial charge is 0.169 e. The molecule has 1 aromatic carbocycles. The van der Waals surface area contributed by atoms with Crippen LogP contribution >= 0.6 is 12.2 Å². The van der Waals surface area contributed by atoms with Gasteiger partial charge in [-0.3, -0.25) is 4.98 Å². The van der Waals surface area contributed by atoms with Gasteiger partial charge in [0.2, 0.25) is 0 Å². The Morgan fingerprint density at radius 1 is 1.08 bits per heavy atom. The minimum Gasteiger partial charge on any atom is -0.352 e. The van der Waals surface area contributed by atoms with Crippen LogP contribution in [0.15, 0.2) is 67.0 Å². The Balaban J connectivity index is 1.80. The molecule has 0 saturated carbocycles. The van der Waals surface area contributed by atoms with E-state index in [0.717, 1.165) is 16.5 Å². The van der Waals surface area contributed by atoms with Crippen molar-refractivity contribution in [1.82, 2.24) is 19.8 Å². The Morgan fingerprint density at radius 2 is 1.96 bits per heavy atom. The number of hydrogen-bond donors (Lipinski definition) is 1. The van der Waals surface area contributed by atoms with Gasteiger partial charge in [0, 0.05) is 30.8 Å². The normalized spacial score (nSPS) is 19.9. The average Bonchev–Trinajstić information content (AvgIpc) is 3.21. The van der Waals surface area contributed by atoms with E-state index in [-0.39, 0.29) is 12.1 Å². The number of aromatic nitrogens is 2. The molecule has 4 nitrogen and oxygen atoms in total. The van der Waals surface area contributed by atoms with Gasteiger partial charge in [0.1, 0.15) is 0 Å². The molecule has 1 saturated heterocycles. The molecule has 0 amide bonds. The SMILES string of the molecule is Cc1cccc(-n2cccc2[C@H]2[C@@H](c3ccccn3)NC(=S)N2C)c1. The van der Waals surface area contributed by atoms with E-state index in [2.05, 4.69) is 69.3 Å². The predicted octanol–water partition coefficient (Wildman–Crippen LogP) is 3.78. The van der Waals surface area contributed by atoms with Crippen LogP contribution < -0.4 is 5.32 Å². The molecule has 0 bridgehead atoms. The van der Waals surface area contributed by atoms with Gasteiger partial charge in [0.05, 0.1) is 17.8 Å². The second kappa shape index (κ2) is 6.33. The lowest BCUT2D eigenvalue weighted by Crippen LogP contribution is -2.25. The van der Waals surface area contributed by atoms with Gasteiger partial charge in [0.25, 0.3) is 0 Å². The first kappa shape index (κ1) is 15.8. The van der Waals surface area contributed by atoms with E-state index >= 15 is 0 Å². The van der Waals surface area contributed by atoms with Gasteiger partial charge in [-0.05, 0) is 61.1 Å². The maximum absolute atomic E-state index is 5.53. The molecule has 2 aromatic heterocycles. The molecular formula is C20H20N4S. The monoisotopic (exact) mass is 348 g/mol. The van der Waals surface area contributed by atoms with Crippen molar-refractivity contribution in [2.75, 3.05) is 7.05 Å². The third-order valence-corrected chi connectivity index (χ3v) is 5.11. The third-order valence-electron chi connectivity index (χ3n) is 4.70. The number of rotatable bonds is 3. The largest absolute Gasteiger partial charge is 0.352 e. The number of nitrogens with zero attached hydrogens (tertiary/aromatic N) is 3. The Labute approximate surface area is 153 Å². The highest BCUT2D eigenvalue weighted by Gasteiger charge is 2.39. The van der Waals surface area contributed by atoms with E-state index in [9.17, 15) is 0 Å². The van der Waals surface area contributed by atoms with E-state index in [4.69, 9.17) is 12.2 Å². The van der Waals surface area contributed by atoms with Crippen LogP contribution in [0.25, 0.3) is 5.69 Å². The van der Waals surface area contributed by atoms with E-state index in [1.54, 1.807) is 0 Å². The molecule has 1 aliphatic rings. The van der Waals surface area contributed by atoms with Crippen LogP contribution in [-0.4, -0.2) is 26.6 Å². The number of pyridine rings is 1. The summed E-state index contributed by atoms with van der Waals surface area (Å²) in [4.78, 5) is 6.67. The van der Waals surface area contributed by atoms with Crippen molar-refractivity contribution >= 4 is 17.3 Å². The highest BCUT2D eigenvalue weighted by Crippen LogP contribution is 2.38. The van der Waals surface area contributed by atoms with E-state index in [1.807, 2.05) is 31.4 Å². The molecule has 25 heavy (non-hydrogen) atoms. The first-order chi connectivity index (χ1) is 12.1. The van der Waals surface area contributed by atoms with E-state index < -0.39 is 0 Å². The Kier molecular flexibility index (Phi) is 4.01. The fourth-order valence-electron chi connectivity index (χ4n) is 3.48. The van der Waals surface area contributed by atoms with Gasteiger partial charge in [-0.25, -0.2) is 0 Å². The second-order valence-electron chi connectivity index (χ2n) is 6.38. The summed E-state index contributed by atoms with van der Waals surface area (Å²) >= 11 is 5.53. The predicted molar refractivity (Wildman–Crippen MR) is 104 cm³/mol. The molecule has 0 aliphatic carbocycles. The first-order valence-corrected chi connectivity index (χ1v) is 8.74. The summed E-state index contributed by atoms with van der Waals surface area (Å²) in [5.74, 6) is 0. The van der Waals surface area contributed by atoms with Crippen molar-refractivity contribution in [2.45, 2.75) is 19.0 Å². The highest BCUT2D eigenvalue weighted by molar-refractivity contribution is 7.80. The Hall–Kier alpha value is -2.66. The van der Waals surface area contributed by atoms with E-state index in [1.165, 1.54) is 11.3 Å². The lowest BCUT2D eigenvalue weighted by atomic mass is 10.0. The van der Waals surface area contributed by atoms with Crippen molar-refractivity contribution in [2.24, 2.45) is 0 Å². The lowest BCUT2D eigenvalue weighted by molar-refractivity contribution is 0.357. The lowest BCUT2D eigenvalue weighted by Gasteiger charge is -2.25. The number of likely N-dealkylation sites (N-methyl/N-ethyl adjacent to an activating group) is 1. The van der Waals surface area contributed by atoms with Crippen molar-refractivity contribution in [3.63, 3.8) is 0 Å². The van der Waals surface area contributed by atoms with Crippen LogP contribution in [-0.2, 0) is 0 Å². The summed E-state index contributed by atoms with van der Waals surface area (Å²) in [5, 5.41) is 4.18. The summed E-state index contributed by atoms with van der Waals surface area (Å²) in [6, 6.07) is 18.9. The quantitative estimate of drug-likeness (QED) is 0.730. The van der Waals surface area contributed by atoms with Crippen molar-refractivity contribution in [3.05, 3.63) is 83.9 Å². The maximum atomic E-state index is 5.53. The molecule has 3 aromatic rings. The zero-order valence-electron chi connectivity index (χ0n) is 14.3. The zero-order chi connectivity index (χ0) is 17.4. The van der Waals surface area contributed by atoms with Gasteiger partial charge >= 0.3 is 0 Å². The Bertz CT molecular complexity index is 903. The van der Waals surface area contributed by atoms with Gasteiger partial charge in [-0.15, -0.1) is 0 Å². The molecule has 126 valence electrons. The molecule has 1 aliphatic heterocycles. The number of hydrogen-bond acceptors (Lipinski definition) is 2. The molecule has 5 heteroatoms. The summed E-state index contributed by atoms with van der Waals surface area (Å²) < 4.78 is 2.24. The average molecular weight is 348 g/mol. The Morgan fingerprint density at radius 3 is 2.72 bits per heavy atom. The molecule has 3 heterocycles. The second-order valence-corrected chi connectivity index (χ2v) is 6.77. The summed E-state index contributed by atoms with van der Waals surface area (Å²) in [6.07, 6.45) is 3.93. The van der Waals surface area contributed by atoms with Crippen molar-refractivity contribution < 1.29 is 0 Å². The molecule has 0 radical (unpaired) electrons. The van der Waals surface area contributed by atoms with Crippen LogP contribution in [0, 0.1) is 6.92 Å². The molecule has 1 N–H and O–H groups in total. The first-order valence-electron chi connectivity index (χ1n) is 8.34. The minimum atomic E-state index is 0.0251. The molecule has 1 fully saturated rings. The van der Waals surface area contributed by atoms with Crippen LogP contribution in [0.5, 0.6) is 0 Å². The van der Waals surface area contributed by atoms with Crippen LogP contribution in [0.1, 0.15) is 29.0 Å². The minimum absolute atomic E-state index is 0.0251. The fraction of sp³-hybridized carbons (Fsp3) is 0.200. The molecule has 2 atom stereocenters. The van der Waals surface area contributed by atoms with Crippen molar-refractivity contribution in [3.8, 4) is 5.69 Å². The van der Waals surface area contributed by atoms with Crippen molar-refractivity contribution in [1.29, 1.82) is 0 Å². The van der Waals surface area contributed by atoms with Gasteiger partial charge in [-0.2, -0.15) is 0 Å². The summed E-state index contributed by atoms with van der Waals surface area (Å²) in [7, 11) is 2.04. The zero-order valence-corrected chi connectivity index (χ0v) is 15.1. The van der Waals surface area contributed by atoms with Gasteiger partial charge in [0.15, 0.2) is 5.11 Å². The van der Waals surface area contributed by atoms with E-state index in [0.29, 0.717) is 0 Å². The van der Waals surface area contributed by atoms with Crippen LogP contribution in [0.3, 0.4) is 0 Å². The van der Waals surface area contributed by atoms with Crippen LogP contribution in [0.4, 0.5) is 0 Å². The molecule has 4 rings (SSSR count). The number of benzene rings is 1. The van der Waals surface area contributed by atoms with Crippen LogP contribution in [0.2, 0.25) is 0 Å². The fourth-order valence-corrected chi connectivity index (χ4v) is 3.72. The number of thiocarbonyl (C=S) groups is 1. The summed E-state index contributed by atoms with van der Waals surface area (Å²) in [5.41, 5.74) is 4.59. The number of aryl methyl sites for hydroxylation is 1. The third kappa shape index (κ3) is 2.81.